The van der Waals surface area contributed by atoms with Crippen molar-refractivity contribution in [3.05, 3.63) is 23.7 Å². The van der Waals surface area contributed by atoms with Gasteiger partial charge in [0.25, 0.3) is 0 Å². The highest BCUT2D eigenvalue weighted by Gasteiger charge is 2.28. The molecule has 1 unspecified atom stereocenters. The van der Waals surface area contributed by atoms with Crippen LogP contribution in [0.5, 0.6) is 0 Å². The van der Waals surface area contributed by atoms with E-state index in [1.807, 2.05) is 0 Å². The van der Waals surface area contributed by atoms with Gasteiger partial charge in [-0.2, -0.15) is 0 Å². The minimum absolute atomic E-state index is 0.0920. The fourth-order valence-electron chi connectivity index (χ4n) is 2.24. The highest BCUT2D eigenvalue weighted by molar-refractivity contribution is 5.87. The predicted molar refractivity (Wildman–Crippen MR) is 65.6 cm³/mol. The maximum Gasteiger partial charge on any atom is 0.338 e. The van der Waals surface area contributed by atoms with Gasteiger partial charge >= 0.3 is 5.97 Å². The Morgan fingerprint density at radius 3 is 3.00 bits per heavy atom. The monoisotopic (exact) mass is 253 g/mol. The molecule has 0 aliphatic carbocycles. The van der Waals surface area contributed by atoms with Gasteiger partial charge in [-0.3, -0.25) is 0 Å². The Morgan fingerprint density at radius 2 is 2.39 bits per heavy atom. The molecule has 5 nitrogen and oxygen atoms in total. The number of hydrogen-bond donors (Lipinski definition) is 2. The lowest BCUT2D eigenvalue weighted by Crippen LogP contribution is -2.43. The third-order valence-corrected chi connectivity index (χ3v) is 3.16. The molecule has 1 atom stereocenters. The van der Waals surface area contributed by atoms with Crippen molar-refractivity contribution in [2.24, 2.45) is 0 Å². The largest absolute Gasteiger partial charge is 0.478 e. The van der Waals surface area contributed by atoms with Crippen LogP contribution in [0.15, 0.2) is 16.7 Å². The van der Waals surface area contributed by atoms with Crippen molar-refractivity contribution >= 4 is 5.97 Å². The van der Waals surface area contributed by atoms with Crippen LogP contribution in [-0.4, -0.2) is 29.3 Å². The molecule has 0 bridgehead atoms. The van der Waals surface area contributed by atoms with E-state index in [0.29, 0.717) is 18.3 Å². The second kappa shape index (κ2) is 5.12. The van der Waals surface area contributed by atoms with E-state index in [0.717, 1.165) is 19.4 Å². The molecule has 0 aromatic carbocycles. The lowest BCUT2D eigenvalue weighted by Gasteiger charge is -2.35. The van der Waals surface area contributed by atoms with Gasteiger partial charge in [-0.05, 0) is 32.8 Å². The first-order chi connectivity index (χ1) is 8.46. The maximum absolute atomic E-state index is 10.7. The van der Waals surface area contributed by atoms with Gasteiger partial charge in [0.05, 0.1) is 17.7 Å². The summed E-state index contributed by atoms with van der Waals surface area (Å²) in [5.74, 6) is -0.311. The van der Waals surface area contributed by atoms with Crippen LogP contribution < -0.4 is 5.32 Å². The molecule has 0 spiro atoms. The predicted octanol–water partition coefficient (Wildman–Crippen LogP) is 2.03. The number of carbonyl (C=O) groups is 1. The number of carboxylic acids is 1. The average Bonchev–Trinajstić information content (AvgIpc) is 2.74. The van der Waals surface area contributed by atoms with Crippen LogP contribution in [0.3, 0.4) is 0 Å². The van der Waals surface area contributed by atoms with Gasteiger partial charge in [-0.15, -0.1) is 0 Å². The third kappa shape index (κ3) is 3.34. The zero-order valence-corrected chi connectivity index (χ0v) is 10.7. The SMILES string of the molecule is CC1(C)CC(NCc2cc(C(=O)O)co2)CCO1. The Kier molecular flexibility index (Phi) is 3.73. The Bertz CT molecular complexity index is 424. The minimum Gasteiger partial charge on any atom is -0.478 e. The standard InChI is InChI=1S/C13H19NO4/c1-13(2)6-10(3-4-18-13)14-7-11-5-9(8-17-11)12(15)16/h5,8,10,14H,3-4,6-7H2,1-2H3,(H,15,16). The van der Waals surface area contributed by atoms with Gasteiger partial charge < -0.3 is 19.6 Å². The van der Waals surface area contributed by atoms with Crippen molar-refractivity contribution in [3.8, 4) is 0 Å². The van der Waals surface area contributed by atoms with E-state index >= 15 is 0 Å². The molecule has 2 rings (SSSR count). The first-order valence-electron chi connectivity index (χ1n) is 6.14. The molecule has 0 amide bonds. The van der Waals surface area contributed by atoms with E-state index in [9.17, 15) is 4.79 Å². The van der Waals surface area contributed by atoms with Crippen LogP contribution >= 0.6 is 0 Å². The third-order valence-electron chi connectivity index (χ3n) is 3.16. The van der Waals surface area contributed by atoms with E-state index in [2.05, 4.69) is 19.2 Å². The van der Waals surface area contributed by atoms with Gasteiger partial charge in [-0.25, -0.2) is 4.79 Å². The minimum atomic E-state index is -0.961. The van der Waals surface area contributed by atoms with Crippen LogP contribution in [0.25, 0.3) is 0 Å². The van der Waals surface area contributed by atoms with E-state index in [-0.39, 0.29) is 11.2 Å². The fourth-order valence-corrected chi connectivity index (χ4v) is 2.24. The normalized spacial score (nSPS) is 22.9. The second-order valence-electron chi connectivity index (χ2n) is 5.29. The summed E-state index contributed by atoms with van der Waals surface area (Å²) in [6.45, 7) is 5.46. The van der Waals surface area contributed by atoms with Gasteiger partial charge in [0.2, 0.25) is 0 Å². The zero-order valence-electron chi connectivity index (χ0n) is 10.7. The molecule has 1 saturated heterocycles. The number of carboxylic acid groups (broad SMARTS) is 1. The van der Waals surface area contributed by atoms with Gasteiger partial charge in [0.1, 0.15) is 12.0 Å². The van der Waals surface area contributed by atoms with Crippen LogP contribution in [-0.2, 0) is 11.3 Å². The molecule has 1 fully saturated rings. The summed E-state index contributed by atoms with van der Waals surface area (Å²) in [6, 6.07) is 1.94. The van der Waals surface area contributed by atoms with E-state index in [1.165, 1.54) is 6.26 Å². The number of ether oxygens (including phenoxy) is 1. The second-order valence-corrected chi connectivity index (χ2v) is 5.29. The number of rotatable bonds is 4. The number of furan rings is 1. The number of nitrogens with one attached hydrogen (secondary N) is 1. The molecule has 0 saturated carbocycles. The summed E-state index contributed by atoms with van der Waals surface area (Å²) in [5.41, 5.74) is 0.102. The van der Waals surface area contributed by atoms with Crippen molar-refractivity contribution in [2.75, 3.05) is 6.61 Å². The van der Waals surface area contributed by atoms with Crippen LogP contribution in [0.4, 0.5) is 0 Å². The number of hydrogen-bond acceptors (Lipinski definition) is 4. The zero-order chi connectivity index (χ0) is 13.2. The van der Waals surface area contributed by atoms with Gasteiger partial charge in [0, 0.05) is 12.6 Å². The summed E-state index contributed by atoms with van der Waals surface area (Å²) < 4.78 is 10.8. The lowest BCUT2D eigenvalue weighted by molar-refractivity contribution is -0.0632. The molecule has 2 N–H and O–H groups in total. The van der Waals surface area contributed by atoms with Crippen molar-refractivity contribution in [1.29, 1.82) is 0 Å². The Hall–Kier alpha value is -1.33. The number of aromatic carboxylic acids is 1. The van der Waals surface area contributed by atoms with E-state index < -0.39 is 5.97 Å². The Morgan fingerprint density at radius 1 is 1.61 bits per heavy atom. The molecule has 18 heavy (non-hydrogen) atoms. The molecule has 100 valence electrons. The summed E-state index contributed by atoms with van der Waals surface area (Å²) >= 11 is 0. The van der Waals surface area contributed by atoms with Crippen molar-refractivity contribution < 1.29 is 19.1 Å². The summed E-state index contributed by atoms with van der Waals surface area (Å²) in [4.78, 5) is 10.7. The summed E-state index contributed by atoms with van der Waals surface area (Å²) in [6.07, 6.45) is 3.18. The summed E-state index contributed by atoms with van der Waals surface area (Å²) in [7, 11) is 0. The molecule has 0 radical (unpaired) electrons. The highest BCUT2D eigenvalue weighted by atomic mass is 16.5. The smallest absolute Gasteiger partial charge is 0.338 e. The highest BCUT2D eigenvalue weighted by Crippen LogP contribution is 2.24. The molecular formula is C13H19NO4. The average molecular weight is 253 g/mol. The quantitative estimate of drug-likeness (QED) is 0.859. The van der Waals surface area contributed by atoms with Crippen molar-refractivity contribution in [2.45, 2.75) is 44.9 Å². The van der Waals surface area contributed by atoms with Crippen molar-refractivity contribution in [3.63, 3.8) is 0 Å². The molecule has 2 heterocycles. The van der Waals surface area contributed by atoms with Gasteiger partial charge in [0.15, 0.2) is 0 Å². The lowest BCUT2D eigenvalue weighted by atomic mass is 9.94. The Balaban J connectivity index is 1.85. The maximum atomic E-state index is 10.7. The topological polar surface area (TPSA) is 71.7 Å². The molecular weight excluding hydrogens is 234 g/mol. The van der Waals surface area contributed by atoms with E-state index in [1.54, 1.807) is 6.07 Å². The fraction of sp³-hybridized carbons (Fsp3) is 0.615. The Labute approximate surface area is 106 Å². The van der Waals surface area contributed by atoms with Gasteiger partial charge in [-0.1, -0.05) is 0 Å². The van der Waals surface area contributed by atoms with Crippen LogP contribution in [0.2, 0.25) is 0 Å². The molecule has 1 aliphatic heterocycles. The van der Waals surface area contributed by atoms with Crippen molar-refractivity contribution in [1.82, 2.24) is 5.32 Å². The molecule has 1 aromatic heterocycles. The summed E-state index contributed by atoms with van der Waals surface area (Å²) in [5, 5.41) is 12.2. The van der Waals surface area contributed by atoms with Crippen LogP contribution in [0, 0.1) is 0 Å². The van der Waals surface area contributed by atoms with Crippen LogP contribution in [0.1, 0.15) is 42.8 Å². The molecule has 1 aromatic rings. The van der Waals surface area contributed by atoms with E-state index in [4.69, 9.17) is 14.3 Å². The first-order valence-corrected chi connectivity index (χ1v) is 6.14. The molecule has 5 heteroatoms. The first kappa shape index (κ1) is 13.1. The molecule has 1 aliphatic rings.